The van der Waals surface area contributed by atoms with Gasteiger partial charge >= 0.3 is 0 Å². The Bertz CT molecular complexity index is 504. The number of nitrogens with two attached hydrogens (primary N) is 1. The third-order valence-electron chi connectivity index (χ3n) is 2.28. The second-order valence-electron chi connectivity index (χ2n) is 3.82. The van der Waals surface area contributed by atoms with Crippen LogP contribution in [0.15, 0.2) is 18.3 Å². The lowest BCUT2D eigenvalue weighted by atomic mass is 10.3. The first kappa shape index (κ1) is 11.4. The Labute approximate surface area is 99.9 Å². The van der Waals surface area contributed by atoms with E-state index in [1.807, 2.05) is 19.1 Å². The van der Waals surface area contributed by atoms with Crippen molar-refractivity contribution in [1.29, 1.82) is 0 Å². The third-order valence-corrected chi connectivity index (χ3v) is 2.28. The first-order valence-corrected chi connectivity index (χ1v) is 5.60. The number of nitrogens with zero attached hydrogens (tertiary/aromatic N) is 4. The van der Waals surface area contributed by atoms with Gasteiger partial charge in [0.15, 0.2) is 5.82 Å². The average Bonchev–Trinajstić information content (AvgIpc) is 2.68. The summed E-state index contributed by atoms with van der Waals surface area (Å²) < 4.78 is 1.53. The first-order valence-electron chi connectivity index (χ1n) is 5.60. The van der Waals surface area contributed by atoms with Crippen molar-refractivity contribution < 1.29 is 0 Å². The summed E-state index contributed by atoms with van der Waals surface area (Å²) in [5.74, 6) is 1.55. The lowest BCUT2D eigenvalue weighted by Crippen LogP contribution is -2.05. The van der Waals surface area contributed by atoms with Crippen molar-refractivity contribution in [2.24, 2.45) is 0 Å². The van der Waals surface area contributed by atoms with Gasteiger partial charge in [-0.15, -0.1) is 5.10 Å². The van der Waals surface area contributed by atoms with Crippen LogP contribution in [0.25, 0.3) is 5.82 Å². The highest BCUT2D eigenvalue weighted by Crippen LogP contribution is 2.12. The van der Waals surface area contributed by atoms with Gasteiger partial charge in [0.25, 0.3) is 0 Å². The molecule has 0 aliphatic heterocycles. The van der Waals surface area contributed by atoms with Crippen molar-refractivity contribution in [1.82, 2.24) is 19.7 Å². The van der Waals surface area contributed by atoms with Gasteiger partial charge in [0.2, 0.25) is 11.9 Å². The average molecular weight is 232 g/mol. The molecule has 6 heteroatoms. The molecule has 0 fully saturated rings. The van der Waals surface area contributed by atoms with Gasteiger partial charge in [-0.2, -0.15) is 9.67 Å². The van der Waals surface area contributed by atoms with Crippen LogP contribution in [0.1, 0.15) is 18.9 Å². The molecule has 0 atom stereocenters. The maximum Gasteiger partial charge on any atom is 0.244 e. The van der Waals surface area contributed by atoms with Gasteiger partial charge in [-0.1, -0.05) is 6.92 Å². The Balaban J connectivity index is 2.29. The number of nitrogens with one attached hydrogen (secondary N) is 1. The summed E-state index contributed by atoms with van der Waals surface area (Å²) in [4.78, 5) is 8.35. The predicted octanol–water partition coefficient (Wildman–Crippen LogP) is 1.37. The summed E-state index contributed by atoms with van der Waals surface area (Å²) in [6, 6.07) is 3.83. The maximum absolute atomic E-state index is 5.80. The maximum atomic E-state index is 5.80. The fraction of sp³-hybridized carbons (Fsp3) is 0.364. The minimum absolute atomic E-state index is 0.335. The summed E-state index contributed by atoms with van der Waals surface area (Å²) in [7, 11) is 0. The summed E-state index contributed by atoms with van der Waals surface area (Å²) in [5, 5.41) is 7.35. The number of aromatic nitrogens is 4. The molecule has 0 saturated carbocycles. The highest BCUT2D eigenvalue weighted by molar-refractivity contribution is 5.39. The zero-order valence-corrected chi connectivity index (χ0v) is 10.0. The normalized spacial score (nSPS) is 10.5. The molecular weight excluding hydrogens is 216 g/mol. The molecule has 3 N–H and O–H groups in total. The van der Waals surface area contributed by atoms with Gasteiger partial charge in [-0.3, -0.25) is 0 Å². The Morgan fingerprint density at radius 1 is 1.47 bits per heavy atom. The minimum atomic E-state index is 0.335. The van der Waals surface area contributed by atoms with Gasteiger partial charge in [0, 0.05) is 12.7 Å². The molecule has 6 nitrogen and oxygen atoms in total. The van der Waals surface area contributed by atoms with Crippen LogP contribution in [0, 0.1) is 6.92 Å². The van der Waals surface area contributed by atoms with E-state index >= 15 is 0 Å². The lowest BCUT2D eigenvalue weighted by Gasteiger charge is -2.01. The molecule has 0 bridgehead atoms. The number of rotatable bonds is 4. The molecule has 2 rings (SSSR count). The number of hydrogen-bond acceptors (Lipinski definition) is 5. The van der Waals surface area contributed by atoms with Crippen molar-refractivity contribution >= 4 is 11.9 Å². The zero-order chi connectivity index (χ0) is 12.3. The second kappa shape index (κ2) is 4.82. The van der Waals surface area contributed by atoms with E-state index in [-0.39, 0.29) is 0 Å². The molecule has 0 saturated heterocycles. The van der Waals surface area contributed by atoms with Crippen molar-refractivity contribution in [3.8, 4) is 5.82 Å². The van der Waals surface area contributed by atoms with Crippen LogP contribution in [0.2, 0.25) is 0 Å². The minimum Gasteiger partial charge on any atom is -0.368 e. The Morgan fingerprint density at radius 3 is 3.00 bits per heavy atom. The fourth-order valence-corrected chi connectivity index (χ4v) is 1.44. The van der Waals surface area contributed by atoms with E-state index < -0.39 is 0 Å². The molecule has 2 aromatic heterocycles. The van der Waals surface area contributed by atoms with Crippen LogP contribution in [-0.2, 0) is 0 Å². The van der Waals surface area contributed by atoms with Gasteiger partial charge < -0.3 is 11.1 Å². The summed E-state index contributed by atoms with van der Waals surface area (Å²) in [6.45, 7) is 4.90. The topological polar surface area (TPSA) is 81.6 Å². The SMILES string of the molecule is CCCNc1nc(N)n(-c2cc(C)ccn2)n1. The van der Waals surface area contributed by atoms with Crippen LogP contribution >= 0.6 is 0 Å². The van der Waals surface area contributed by atoms with Gasteiger partial charge in [-0.05, 0) is 31.0 Å². The highest BCUT2D eigenvalue weighted by Gasteiger charge is 2.08. The first-order chi connectivity index (χ1) is 8.20. The number of anilines is 2. The van der Waals surface area contributed by atoms with Gasteiger partial charge in [-0.25, -0.2) is 4.98 Å². The number of nitrogen functional groups attached to an aromatic ring is 1. The largest absolute Gasteiger partial charge is 0.368 e. The van der Waals surface area contributed by atoms with E-state index in [9.17, 15) is 0 Å². The van der Waals surface area contributed by atoms with Gasteiger partial charge in [0.1, 0.15) is 0 Å². The zero-order valence-electron chi connectivity index (χ0n) is 10.0. The molecule has 2 heterocycles. The Hall–Kier alpha value is -2.11. The second-order valence-corrected chi connectivity index (χ2v) is 3.82. The Kier molecular flexibility index (Phi) is 3.22. The van der Waals surface area contributed by atoms with Crippen molar-refractivity contribution in [2.75, 3.05) is 17.6 Å². The highest BCUT2D eigenvalue weighted by atomic mass is 15.4. The third kappa shape index (κ3) is 2.52. The molecule has 0 unspecified atom stereocenters. The van der Waals surface area contributed by atoms with Crippen LogP contribution in [0.3, 0.4) is 0 Å². The molecule has 0 aliphatic rings. The van der Waals surface area contributed by atoms with Crippen LogP contribution in [-0.4, -0.2) is 26.3 Å². The van der Waals surface area contributed by atoms with Crippen LogP contribution in [0.4, 0.5) is 11.9 Å². The summed E-state index contributed by atoms with van der Waals surface area (Å²) >= 11 is 0. The fourth-order valence-electron chi connectivity index (χ4n) is 1.44. The summed E-state index contributed by atoms with van der Waals surface area (Å²) in [5.41, 5.74) is 6.91. The standard InChI is InChI=1S/C11H16N6/c1-3-5-14-11-15-10(12)17(16-11)9-7-8(2)4-6-13-9/h4,6-7H,3,5H2,1-2H3,(H3,12,14,15,16). The smallest absolute Gasteiger partial charge is 0.244 e. The number of aryl methyl sites for hydroxylation is 1. The van der Waals surface area contributed by atoms with Gasteiger partial charge in [0.05, 0.1) is 0 Å². The van der Waals surface area contributed by atoms with Crippen molar-refractivity contribution in [3.63, 3.8) is 0 Å². The van der Waals surface area contributed by atoms with E-state index in [1.54, 1.807) is 6.20 Å². The molecule has 17 heavy (non-hydrogen) atoms. The lowest BCUT2D eigenvalue weighted by molar-refractivity contribution is 0.849. The Morgan fingerprint density at radius 2 is 2.29 bits per heavy atom. The van der Waals surface area contributed by atoms with Crippen molar-refractivity contribution in [3.05, 3.63) is 23.9 Å². The van der Waals surface area contributed by atoms with E-state index in [0.717, 1.165) is 18.5 Å². The van der Waals surface area contributed by atoms with E-state index in [0.29, 0.717) is 17.7 Å². The molecule has 0 radical (unpaired) electrons. The van der Waals surface area contributed by atoms with Crippen LogP contribution in [0.5, 0.6) is 0 Å². The predicted molar refractivity (Wildman–Crippen MR) is 67.1 cm³/mol. The molecule has 2 aromatic rings. The molecule has 0 amide bonds. The number of pyridine rings is 1. The molecule has 0 aromatic carbocycles. The molecule has 90 valence electrons. The molecule has 0 spiro atoms. The monoisotopic (exact) mass is 232 g/mol. The van der Waals surface area contributed by atoms with E-state index in [1.165, 1.54) is 4.68 Å². The quantitative estimate of drug-likeness (QED) is 0.832. The summed E-state index contributed by atoms with van der Waals surface area (Å²) in [6.07, 6.45) is 2.74. The van der Waals surface area contributed by atoms with E-state index in [4.69, 9.17) is 5.73 Å². The van der Waals surface area contributed by atoms with Crippen molar-refractivity contribution in [2.45, 2.75) is 20.3 Å². The number of hydrogen-bond donors (Lipinski definition) is 2. The van der Waals surface area contributed by atoms with Crippen LogP contribution < -0.4 is 11.1 Å². The molecule has 0 aliphatic carbocycles. The molecular formula is C11H16N6. The van der Waals surface area contributed by atoms with E-state index in [2.05, 4.69) is 27.3 Å².